The van der Waals surface area contributed by atoms with Gasteiger partial charge in [0.05, 0.1) is 17.4 Å². The lowest BCUT2D eigenvalue weighted by atomic mass is 10.2. The summed E-state index contributed by atoms with van der Waals surface area (Å²) in [4.78, 5) is 17.9. The molecule has 90 valence electrons. The SMILES string of the molecule is C=CCN(C(=O)c1cc(Cl)ncc1N)C1CC1. The summed E-state index contributed by atoms with van der Waals surface area (Å²) in [5.41, 5.74) is 6.52. The van der Waals surface area contributed by atoms with Gasteiger partial charge in [0.25, 0.3) is 5.91 Å². The predicted molar refractivity (Wildman–Crippen MR) is 67.9 cm³/mol. The highest BCUT2D eigenvalue weighted by atomic mass is 35.5. The average molecular weight is 252 g/mol. The van der Waals surface area contributed by atoms with Crippen LogP contribution < -0.4 is 5.73 Å². The van der Waals surface area contributed by atoms with Crippen LogP contribution in [0.3, 0.4) is 0 Å². The lowest BCUT2D eigenvalue weighted by Gasteiger charge is -2.21. The molecule has 1 amide bonds. The molecule has 0 saturated heterocycles. The van der Waals surface area contributed by atoms with E-state index in [1.54, 1.807) is 11.0 Å². The normalized spacial score (nSPS) is 14.4. The molecule has 1 aliphatic carbocycles. The number of hydrogen-bond acceptors (Lipinski definition) is 3. The summed E-state index contributed by atoms with van der Waals surface area (Å²) in [5.74, 6) is -0.103. The van der Waals surface area contributed by atoms with Crippen LogP contribution in [0, 0.1) is 0 Å². The fourth-order valence-corrected chi connectivity index (χ4v) is 1.86. The number of nitrogens with zero attached hydrogens (tertiary/aromatic N) is 2. The number of amides is 1. The summed E-state index contributed by atoms with van der Waals surface area (Å²) in [7, 11) is 0. The third kappa shape index (κ3) is 2.58. The summed E-state index contributed by atoms with van der Waals surface area (Å²) in [6, 6.07) is 1.82. The first-order chi connectivity index (χ1) is 8.13. The maximum atomic E-state index is 12.3. The quantitative estimate of drug-likeness (QED) is 0.659. The highest BCUT2D eigenvalue weighted by molar-refractivity contribution is 6.29. The van der Waals surface area contributed by atoms with Gasteiger partial charge in [-0.2, -0.15) is 0 Å². The summed E-state index contributed by atoms with van der Waals surface area (Å²) in [6.07, 6.45) is 5.21. The van der Waals surface area contributed by atoms with Crippen molar-refractivity contribution in [2.24, 2.45) is 0 Å². The summed E-state index contributed by atoms with van der Waals surface area (Å²) in [6.45, 7) is 4.19. The Balaban J connectivity index is 2.27. The average Bonchev–Trinajstić information content (AvgIpc) is 3.12. The lowest BCUT2D eigenvalue weighted by Crippen LogP contribution is -2.33. The van der Waals surface area contributed by atoms with E-state index in [-0.39, 0.29) is 11.1 Å². The number of carbonyl (C=O) groups is 1. The van der Waals surface area contributed by atoms with Gasteiger partial charge in [-0.05, 0) is 18.9 Å². The van der Waals surface area contributed by atoms with Gasteiger partial charge >= 0.3 is 0 Å². The summed E-state index contributed by atoms with van der Waals surface area (Å²) in [5, 5.41) is 0.275. The van der Waals surface area contributed by atoms with Gasteiger partial charge in [0.2, 0.25) is 0 Å². The molecule has 0 spiro atoms. The molecule has 1 fully saturated rings. The minimum Gasteiger partial charge on any atom is -0.397 e. The zero-order valence-corrected chi connectivity index (χ0v) is 10.2. The number of rotatable bonds is 4. The molecule has 2 rings (SSSR count). The minimum absolute atomic E-state index is 0.103. The van der Waals surface area contributed by atoms with Crippen molar-refractivity contribution in [3.63, 3.8) is 0 Å². The van der Waals surface area contributed by atoms with Crippen LogP contribution in [-0.2, 0) is 0 Å². The maximum absolute atomic E-state index is 12.3. The zero-order chi connectivity index (χ0) is 12.4. The van der Waals surface area contributed by atoms with Gasteiger partial charge in [-0.1, -0.05) is 17.7 Å². The first-order valence-electron chi connectivity index (χ1n) is 5.46. The fraction of sp³-hybridized carbons (Fsp3) is 0.333. The molecule has 2 N–H and O–H groups in total. The number of hydrogen-bond donors (Lipinski definition) is 1. The molecular weight excluding hydrogens is 238 g/mol. The van der Waals surface area contributed by atoms with E-state index in [9.17, 15) is 4.79 Å². The third-order valence-electron chi connectivity index (χ3n) is 2.71. The Morgan fingerprint density at radius 2 is 2.41 bits per heavy atom. The molecular formula is C12H14ClN3O. The Labute approximate surface area is 105 Å². The molecule has 1 aromatic heterocycles. The third-order valence-corrected chi connectivity index (χ3v) is 2.91. The van der Waals surface area contributed by atoms with Crippen molar-refractivity contribution < 1.29 is 4.79 Å². The molecule has 17 heavy (non-hydrogen) atoms. The molecule has 0 radical (unpaired) electrons. The van der Waals surface area contributed by atoms with Gasteiger partial charge < -0.3 is 10.6 Å². The van der Waals surface area contributed by atoms with Crippen LogP contribution in [-0.4, -0.2) is 28.4 Å². The topological polar surface area (TPSA) is 59.2 Å². The standard InChI is InChI=1S/C12H14ClN3O/c1-2-5-16(8-3-4-8)12(17)9-6-11(13)15-7-10(9)14/h2,6-8H,1,3-5,14H2. The summed E-state index contributed by atoms with van der Waals surface area (Å²) >= 11 is 5.78. The number of anilines is 1. The highest BCUT2D eigenvalue weighted by Gasteiger charge is 2.32. The Bertz CT molecular complexity index is 457. The maximum Gasteiger partial charge on any atom is 0.256 e. The number of nitrogens with two attached hydrogens (primary N) is 1. The van der Waals surface area contributed by atoms with Crippen molar-refractivity contribution >= 4 is 23.2 Å². The van der Waals surface area contributed by atoms with E-state index in [0.29, 0.717) is 23.8 Å². The summed E-state index contributed by atoms with van der Waals surface area (Å²) < 4.78 is 0. The van der Waals surface area contributed by atoms with Crippen LogP contribution in [0.2, 0.25) is 5.15 Å². The van der Waals surface area contributed by atoms with Crippen LogP contribution in [0.25, 0.3) is 0 Å². The molecule has 0 atom stereocenters. The molecule has 0 aliphatic heterocycles. The first-order valence-corrected chi connectivity index (χ1v) is 5.84. The van der Waals surface area contributed by atoms with Crippen LogP contribution in [0.15, 0.2) is 24.9 Å². The molecule has 1 aromatic rings. The number of nitrogen functional groups attached to an aromatic ring is 1. The lowest BCUT2D eigenvalue weighted by molar-refractivity contribution is 0.0763. The second kappa shape index (κ2) is 4.75. The number of halogens is 1. The molecule has 1 heterocycles. The van der Waals surface area contributed by atoms with Crippen molar-refractivity contribution in [1.82, 2.24) is 9.88 Å². The van der Waals surface area contributed by atoms with Crippen molar-refractivity contribution in [1.29, 1.82) is 0 Å². The molecule has 0 unspecified atom stereocenters. The van der Waals surface area contributed by atoms with Gasteiger partial charge in [-0.3, -0.25) is 4.79 Å². The number of aromatic nitrogens is 1. The van der Waals surface area contributed by atoms with E-state index >= 15 is 0 Å². The molecule has 0 bridgehead atoms. The zero-order valence-electron chi connectivity index (χ0n) is 9.40. The van der Waals surface area contributed by atoms with E-state index < -0.39 is 0 Å². The minimum atomic E-state index is -0.103. The largest absolute Gasteiger partial charge is 0.397 e. The van der Waals surface area contributed by atoms with Crippen molar-refractivity contribution in [2.75, 3.05) is 12.3 Å². The first kappa shape index (κ1) is 11.9. The highest BCUT2D eigenvalue weighted by Crippen LogP contribution is 2.29. The smallest absolute Gasteiger partial charge is 0.256 e. The Kier molecular flexibility index (Phi) is 3.33. The van der Waals surface area contributed by atoms with E-state index in [2.05, 4.69) is 11.6 Å². The fourth-order valence-electron chi connectivity index (χ4n) is 1.70. The molecule has 4 nitrogen and oxygen atoms in total. The van der Waals surface area contributed by atoms with E-state index in [1.165, 1.54) is 12.3 Å². The van der Waals surface area contributed by atoms with E-state index in [0.717, 1.165) is 12.8 Å². The van der Waals surface area contributed by atoms with Crippen molar-refractivity contribution in [2.45, 2.75) is 18.9 Å². The van der Waals surface area contributed by atoms with E-state index in [4.69, 9.17) is 17.3 Å². The van der Waals surface area contributed by atoms with Crippen molar-refractivity contribution in [3.05, 3.63) is 35.6 Å². The molecule has 1 saturated carbocycles. The van der Waals surface area contributed by atoms with E-state index in [1.807, 2.05) is 0 Å². The molecule has 1 aliphatic rings. The number of pyridine rings is 1. The Hall–Kier alpha value is -1.55. The van der Waals surface area contributed by atoms with Gasteiger partial charge in [-0.15, -0.1) is 6.58 Å². The second-order valence-electron chi connectivity index (χ2n) is 4.07. The number of carbonyl (C=O) groups excluding carboxylic acids is 1. The van der Waals surface area contributed by atoms with Gasteiger partial charge in [0.1, 0.15) is 5.15 Å². The molecule has 5 heteroatoms. The van der Waals surface area contributed by atoms with Gasteiger partial charge in [0, 0.05) is 12.6 Å². The molecule has 0 aromatic carbocycles. The van der Waals surface area contributed by atoms with Crippen LogP contribution in [0.1, 0.15) is 23.2 Å². The van der Waals surface area contributed by atoms with Crippen LogP contribution in [0.5, 0.6) is 0 Å². The second-order valence-corrected chi connectivity index (χ2v) is 4.46. The van der Waals surface area contributed by atoms with Crippen LogP contribution >= 0.6 is 11.6 Å². The Morgan fingerprint density at radius 3 is 3.00 bits per heavy atom. The van der Waals surface area contributed by atoms with Gasteiger partial charge in [0.15, 0.2) is 0 Å². The monoisotopic (exact) mass is 251 g/mol. The van der Waals surface area contributed by atoms with Gasteiger partial charge in [-0.25, -0.2) is 4.98 Å². The predicted octanol–water partition coefficient (Wildman–Crippen LogP) is 2.11. The van der Waals surface area contributed by atoms with Crippen LogP contribution in [0.4, 0.5) is 5.69 Å². The van der Waals surface area contributed by atoms with Crippen molar-refractivity contribution in [3.8, 4) is 0 Å². The Morgan fingerprint density at radius 1 is 1.71 bits per heavy atom.